The second-order valence-electron chi connectivity index (χ2n) is 4.61. The second-order valence-corrected chi connectivity index (χ2v) is 4.61. The van der Waals surface area contributed by atoms with Gasteiger partial charge in [0.15, 0.2) is 0 Å². The first-order valence-corrected chi connectivity index (χ1v) is 6.49. The minimum absolute atomic E-state index is 0.258. The molecule has 0 amide bonds. The maximum absolute atomic E-state index is 10.8. The van der Waals surface area contributed by atoms with Gasteiger partial charge in [-0.05, 0) is 31.2 Å². The molecular formula is C16H16N2O3. The van der Waals surface area contributed by atoms with Crippen molar-refractivity contribution in [2.24, 2.45) is 4.99 Å². The van der Waals surface area contributed by atoms with E-state index in [1.807, 2.05) is 43.3 Å². The molecule has 0 spiro atoms. The van der Waals surface area contributed by atoms with Crippen molar-refractivity contribution in [3.8, 4) is 0 Å². The van der Waals surface area contributed by atoms with E-state index in [1.165, 1.54) is 7.11 Å². The Hall–Kier alpha value is -2.69. The molecule has 0 radical (unpaired) electrons. The number of aliphatic imine (C=N–C) groups is 1. The summed E-state index contributed by atoms with van der Waals surface area (Å²) in [4.78, 5) is 14.9. The van der Waals surface area contributed by atoms with Crippen LogP contribution < -0.4 is 0 Å². The zero-order chi connectivity index (χ0) is 15.2. The van der Waals surface area contributed by atoms with Crippen molar-refractivity contribution < 1.29 is 9.66 Å². The third-order valence-corrected chi connectivity index (χ3v) is 2.97. The lowest BCUT2D eigenvalue weighted by Gasteiger charge is -2.07. The van der Waals surface area contributed by atoms with Gasteiger partial charge in [-0.15, -0.1) is 0 Å². The molecule has 0 fully saturated rings. The van der Waals surface area contributed by atoms with E-state index in [-0.39, 0.29) is 11.5 Å². The van der Waals surface area contributed by atoms with E-state index in [4.69, 9.17) is 4.74 Å². The lowest BCUT2D eigenvalue weighted by molar-refractivity contribution is -0.496. The Bertz CT molecular complexity index is 666. The maximum atomic E-state index is 10.8. The molecule has 0 aliphatic carbocycles. The molecule has 0 saturated heterocycles. The largest absolute Gasteiger partial charge is 0.481 e. The maximum Gasteiger partial charge on any atom is 0.231 e. The van der Waals surface area contributed by atoms with E-state index < -0.39 is 0 Å². The van der Waals surface area contributed by atoms with Crippen LogP contribution in [0.25, 0.3) is 0 Å². The van der Waals surface area contributed by atoms with Gasteiger partial charge >= 0.3 is 0 Å². The summed E-state index contributed by atoms with van der Waals surface area (Å²) in [5.74, 6) is 0.434. The highest BCUT2D eigenvalue weighted by Gasteiger charge is 2.10. The van der Waals surface area contributed by atoms with Crippen molar-refractivity contribution >= 4 is 11.6 Å². The number of nitro groups is 1. The van der Waals surface area contributed by atoms with Gasteiger partial charge in [0.05, 0.1) is 12.8 Å². The fraction of sp³-hybridized carbons (Fsp3) is 0.188. The molecule has 0 unspecified atom stereocenters. The van der Waals surface area contributed by atoms with Crippen LogP contribution in [0.5, 0.6) is 0 Å². The number of hydrogen-bond donors (Lipinski definition) is 0. The van der Waals surface area contributed by atoms with Gasteiger partial charge < -0.3 is 4.74 Å². The van der Waals surface area contributed by atoms with Gasteiger partial charge in [-0.2, -0.15) is 0 Å². The Morgan fingerprint density at radius 1 is 1.24 bits per heavy atom. The van der Waals surface area contributed by atoms with E-state index in [0.717, 1.165) is 11.1 Å². The van der Waals surface area contributed by atoms with Crippen LogP contribution in [-0.2, 0) is 11.3 Å². The summed E-state index contributed by atoms with van der Waals surface area (Å²) in [5, 5.41) is 10.8. The molecule has 0 aromatic heterocycles. The van der Waals surface area contributed by atoms with Crippen LogP contribution in [0.15, 0.2) is 53.5 Å². The molecule has 0 heterocycles. The summed E-state index contributed by atoms with van der Waals surface area (Å²) in [7, 11) is 1.53. The minimum atomic E-state index is -0.358. The highest BCUT2D eigenvalue weighted by atomic mass is 16.6. The number of methoxy groups -OCH3 is 1. The van der Waals surface area contributed by atoms with Gasteiger partial charge in [0, 0.05) is 16.1 Å². The zero-order valence-corrected chi connectivity index (χ0v) is 11.9. The second kappa shape index (κ2) is 6.65. The highest BCUT2D eigenvalue weighted by molar-refractivity contribution is 5.95. The van der Waals surface area contributed by atoms with E-state index in [9.17, 15) is 10.1 Å². The monoisotopic (exact) mass is 284 g/mol. The summed E-state index contributed by atoms with van der Waals surface area (Å²) in [6, 6.07) is 14.9. The predicted molar refractivity (Wildman–Crippen MR) is 81.5 cm³/mol. The summed E-state index contributed by atoms with van der Waals surface area (Å²) in [6.07, 6.45) is 0. The van der Waals surface area contributed by atoms with Crippen molar-refractivity contribution in [2.75, 3.05) is 7.11 Å². The van der Waals surface area contributed by atoms with Crippen LogP contribution in [0.1, 0.15) is 16.7 Å². The molecule has 21 heavy (non-hydrogen) atoms. The Morgan fingerprint density at radius 2 is 1.95 bits per heavy atom. The van der Waals surface area contributed by atoms with Gasteiger partial charge in [-0.3, -0.25) is 10.1 Å². The molecule has 0 saturated carbocycles. The van der Waals surface area contributed by atoms with Gasteiger partial charge in [-0.1, -0.05) is 29.8 Å². The number of hydrogen-bond acceptors (Lipinski definition) is 4. The lowest BCUT2D eigenvalue weighted by Crippen LogP contribution is -2.04. The van der Waals surface area contributed by atoms with Crippen LogP contribution in [0.4, 0.5) is 5.69 Å². The first-order valence-electron chi connectivity index (χ1n) is 6.49. The van der Waals surface area contributed by atoms with Gasteiger partial charge in [0.25, 0.3) is 0 Å². The van der Waals surface area contributed by atoms with Crippen LogP contribution in [0.3, 0.4) is 0 Å². The number of nitrogens with zero attached hydrogens (tertiary/aromatic N) is 2. The molecule has 0 aliphatic rings. The Balaban J connectivity index is 2.45. The van der Waals surface area contributed by atoms with Crippen molar-refractivity contribution in [1.29, 1.82) is 0 Å². The molecule has 5 nitrogen and oxygen atoms in total. The van der Waals surface area contributed by atoms with Crippen molar-refractivity contribution in [3.05, 3.63) is 75.3 Å². The van der Waals surface area contributed by atoms with Crippen LogP contribution in [-0.4, -0.2) is 17.9 Å². The molecule has 2 rings (SSSR count). The predicted octanol–water partition coefficient (Wildman–Crippen LogP) is 3.50. The van der Waals surface area contributed by atoms with Crippen molar-refractivity contribution in [2.45, 2.75) is 13.5 Å². The standard InChI is InChI=1S/C16H16N2O3/c1-12-8-9-15(14(10-12)11-18(19)20)17-16(21-2)13-6-4-3-5-7-13/h3-10H,11H2,1-2H3. The molecule has 2 aromatic rings. The molecule has 0 N–H and O–H groups in total. The quantitative estimate of drug-likeness (QED) is 0.373. The van der Waals surface area contributed by atoms with E-state index in [2.05, 4.69) is 4.99 Å². The first kappa shape index (κ1) is 14.7. The van der Waals surface area contributed by atoms with Gasteiger partial charge in [0.2, 0.25) is 12.4 Å². The number of ether oxygens (including phenoxy) is 1. The number of rotatable bonds is 4. The molecule has 5 heteroatoms. The average Bonchev–Trinajstić information content (AvgIpc) is 2.47. The summed E-state index contributed by atoms with van der Waals surface area (Å²) < 4.78 is 5.31. The smallest absolute Gasteiger partial charge is 0.231 e. The molecule has 108 valence electrons. The zero-order valence-electron chi connectivity index (χ0n) is 11.9. The van der Waals surface area contributed by atoms with Crippen LogP contribution in [0.2, 0.25) is 0 Å². The third kappa shape index (κ3) is 3.89. The van der Waals surface area contributed by atoms with Gasteiger partial charge in [0.1, 0.15) is 0 Å². The summed E-state index contributed by atoms with van der Waals surface area (Å²) >= 11 is 0. The lowest BCUT2D eigenvalue weighted by atomic mass is 10.1. The highest BCUT2D eigenvalue weighted by Crippen LogP contribution is 2.23. The molecular weight excluding hydrogens is 268 g/mol. The third-order valence-electron chi connectivity index (χ3n) is 2.97. The molecule has 0 aliphatic heterocycles. The number of aryl methyl sites for hydroxylation is 1. The van der Waals surface area contributed by atoms with Gasteiger partial charge in [-0.25, -0.2) is 4.99 Å². The van der Waals surface area contributed by atoms with Crippen molar-refractivity contribution in [3.63, 3.8) is 0 Å². The fourth-order valence-corrected chi connectivity index (χ4v) is 2.01. The Labute approximate surface area is 123 Å². The summed E-state index contributed by atoms with van der Waals surface area (Å²) in [6.45, 7) is 1.64. The molecule has 2 aromatic carbocycles. The summed E-state index contributed by atoms with van der Waals surface area (Å²) in [5.41, 5.74) is 2.92. The normalized spacial score (nSPS) is 11.2. The number of benzene rings is 2. The van der Waals surface area contributed by atoms with Crippen LogP contribution >= 0.6 is 0 Å². The fourth-order valence-electron chi connectivity index (χ4n) is 2.01. The van der Waals surface area contributed by atoms with E-state index in [0.29, 0.717) is 17.1 Å². The Morgan fingerprint density at radius 3 is 2.57 bits per heavy atom. The molecule has 0 atom stereocenters. The average molecular weight is 284 g/mol. The minimum Gasteiger partial charge on any atom is -0.481 e. The first-order chi connectivity index (χ1) is 10.1. The van der Waals surface area contributed by atoms with Crippen molar-refractivity contribution in [1.82, 2.24) is 0 Å². The van der Waals surface area contributed by atoms with Crippen LogP contribution in [0, 0.1) is 17.0 Å². The van der Waals surface area contributed by atoms with E-state index >= 15 is 0 Å². The Kier molecular flexibility index (Phi) is 4.66. The SMILES string of the molecule is COC(=Nc1ccc(C)cc1C[N+](=O)[O-])c1ccccc1. The van der Waals surface area contributed by atoms with E-state index in [1.54, 1.807) is 12.1 Å². The molecule has 0 bridgehead atoms. The topological polar surface area (TPSA) is 64.7 Å².